The summed E-state index contributed by atoms with van der Waals surface area (Å²) in [6.45, 7) is 2.12. The number of nitrogens with two attached hydrogens (primary N) is 1. The van der Waals surface area contributed by atoms with E-state index in [9.17, 15) is 0 Å². The summed E-state index contributed by atoms with van der Waals surface area (Å²) in [5.74, 6) is 0. The van der Waals surface area contributed by atoms with Crippen LogP contribution in [0.25, 0.3) is 0 Å². The van der Waals surface area contributed by atoms with Gasteiger partial charge in [-0.3, -0.25) is 0 Å². The standard InChI is InChI=1S/C13H13Cl2NS/c1-2-8-5-3-4-6-9(8)12(16)10-7-11(14)17-13(10)15/h3-7,12H,2,16H2,1H3. The van der Waals surface area contributed by atoms with Gasteiger partial charge in [0.2, 0.25) is 0 Å². The van der Waals surface area contributed by atoms with Crippen LogP contribution in [0.15, 0.2) is 30.3 Å². The molecule has 0 amide bonds. The summed E-state index contributed by atoms with van der Waals surface area (Å²) in [5.41, 5.74) is 9.54. The summed E-state index contributed by atoms with van der Waals surface area (Å²) in [7, 11) is 0. The molecule has 2 N–H and O–H groups in total. The minimum Gasteiger partial charge on any atom is -0.320 e. The number of rotatable bonds is 3. The van der Waals surface area contributed by atoms with Gasteiger partial charge in [-0.2, -0.15) is 0 Å². The number of hydrogen-bond acceptors (Lipinski definition) is 2. The van der Waals surface area contributed by atoms with Crippen molar-refractivity contribution >= 4 is 34.5 Å². The summed E-state index contributed by atoms with van der Waals surface area (Å²) in [6, 6.07) is 9.81. The number of aryl methyl sites for hydroxylation is 1. The number of benzene rings is 1. The zero-order valence-electron chi connectivity index (χ0n) is 9.41. The van der Waals surface area contributed by atoms with Crippen LogP contribution in [0.2, 0.25) is 8.67 Å². The van der Waals surface area contributed by atoms with Gasteiger partial charge >= 0.3 is 0 Å². The summed E-state index contributed by atoms with van der Waals surface area (Å²) in [5, 5.41) is 0. The van der Waals surface area contributed by atoms with Gasteiger partial charge in [0.05, 0.1) is 14.7 Å². The Kier molecular flexibility index (Phi) is 4.10. The number of hydrogen-bond donors (Lipinski definition) is 1. The average molecular weight is 286 g/mol. The minimum atomic E-state index is -0.206. The van der Waals surface area contributed by atoms with Crippen molar-refractivity contribution in [3.05, 3.63) is 55.7 Å². The number of thiophene rings is 1. The Hall–Kier alpha value is -0.540. The molecule has 0 aliphatic rings. The average Bonchev–Trinajstić information content (AvgIpc) is 2.67. The highest BCUT2D eigenvalue weighted by molar-refractivity contribution is 7.20. The molecule has 1 heterocycles. The fourth-order valence-electron chi connectivity index (χ4n) is 1.89. The molecule has 0 saturated heterocycles. The van der Waals surface area contributed by atoms with Gasteiger partial charge in [-0.1, -0.05) is 54.4 Å². The molecule has 0 bridgehead atoms. The molecular formula is C13H13Cl2NS. The first-order valence-electron chi connectivity index (χ1n) is 5.41. The Morgan fingerprint density at radius 3 is 2.53 bits per heavy atom. The molecule has 1 atom stereocenters. The van der Waals surface area contributed by atoms with E-state index in [4.69, 9.17) is 28.9 Å². The van der Waals surface area contributed by atoms with E-state index in [1.807, 2.05) is 24.3 Å². The smallest absolute Gasteiger partial charge is 0.0995 e. The van der Waals surface area contributed by atoms with E-state index < -0.39 is 0 Å². The van der Waals surface area contributed by atoms with E-state index in [0.29, 0.717) is 8.67 Å². The Morgan fingerprint density at radius 1 is 1.24 bits per heavy atom. The van der Waals surface area contributed by atoms with Crippen molar-refractivity contribution in [2.45, 2.75) is 19.4 Å². The van der Waals surface area contributed by atoms with Crippen molar-refractivity contribution in [1.29, 1.82) is 0 Å². The molecule has 0 spiro atoms. The molecule has 0 aliphatic heterocycles. The third-order valence-corrected chi connectivity index (χ3v) is 4.31. The summed E-state index contributed by atoms with van der Waals surface area (Å²) in [6.07, 6.45) is 0.958. The Labute approximate surface area is 115 Å². The molecule has 17 heavy (non-hydrogen) atoms. The van der Waals surface area contributed by atoms with Crippen LogP contribution in [0, 0.1) is 0 Å². The first-order chi connectivity index (χ1) is 8.13. The van der Waals surface area contributed by atoms with Gasteiger partial charge in [-0.25, -0.2) is 0 Å². The lowest BCUT2D eigenvalue weighted by Gasteiger charge is -2.15. The number of halogens is 2. The van der Waals surface area contributed by atoms with E-state index in [2.05, 4.69) is 13.0 Å². The Morgan fingerprint density at radius 2 is 1.94 bits per heavy atom. The summed E-state index contributed by atoms with van der Waals surface area (Å²) in [4.78, 5) is 0. The maximum absolute atomic E-state index is 6.27. The predicted molar refractivity (Wildman–Crippen MR) is 76.2 cm³/mol. The molecule has 1 aromatic heterocycles. The molecule has 1 nitrogen and oxygen atoms in total. The second-order valence-corrected chi connectivity index (χ2v) is 6.10. The van der Waals surface area contributed by atoms with Crippen LogP contribution >= 0.6 is 34.5 Å². The van der Waals surface area contributed by atoms with Crippen LogP contribution in [0.4, 0.5) is 0 Å². The highest BCUT2D eigenvalue weighted by atomic mass is 35.5. The van der Waals surface area contributed by atoms with Crippen LogP contribution in [0.1, 0.15) is 29.7 Å². The molecule has 1 unspecified atom stereocenters. The van der Waals surface area contributed by atoms with Crippen molar-refractivity contribution in [2.24, 2.45) is 5.73 Å². The quantitative estimate of drug-likeness (QED) is 0.872. The van der Waals surface area contributed by atoms with Crippen LogP contribution in [-0.2, 0) is 6.42 Å². The first kappa shape index (κ1) is 12.9. The highest BCUT2D eigenvalue weighted by Crippen LogP contribution is 2.37. The first-order valence-corrected chi connectivity index (χ1v) is 6.98. The molecular weight excluding hydrogens is 273 g/mol. The lowest BCUT2D eigenvalue weighted by atomic mass is 9.96. The molecule has 0 aliphatic carbocycles. The van der Waals surface area contributed by atoms with E-state index >= 15 is 0 Å². The van der Waals surface area contributed by atoms with Gasteiger partial charge in [0, 0.05) is 5.56 Å². The van der Waals surface area contributed by atoms with Gasteiger partial charge in [0.1, 0.15) is 0 Å². The lowest BCUT2D eigenvalue weighted by molar-refractivity contribution is 0.854. The van der Waals surface area contributed by atoms with Crippen molar-refractivity contribution in [3.8, 4) is 0 Å². The van der Waals surface area contributed by atoms with Gasteiger partial charge in [-0.15, -0.1) is 11.3 Å². The fourth-order valence-corrected chi connectivity index (χ4v) is 3.44. The SMILES string of the molecule is CCc1ccccc1C(N)c1cc(Cl)sc1Cl. The normalized spacial score (nSPS) is 12.7. The van der Waals surface area contributed by atoms with E-state index in [-0.39, 0.29) is 6.04 Å². The second-order valence-electron chi connectivity index (χ2n) is 3.81. The fraction of sp³-hybridized carbons (Fsp3) is 0.231. The Balaban J connectivity index is 2.43. The van der Waals surface area contributed by atoms with Crippen molar-refractivity contribution in [3.63, 3.8) is 0 Å². The van der Waals surface area contributed by atoms with Crippen molar-refractivity contribution < 1.29 is 0 Å². The predicted octanol–water partition coefficient (Wildman–Crippen LogP) is 4.67. The Bertz CT molecular complexity index is 522. The van der Waals surface area contributed by atoms with Gasteiger partial charge in [0.25, 0.3) is 0 Å². The second kappa shape index (κ2) is 5.40. The molecule has 4 heteroatoms. The zero-order valence-corrected chi connectivity index (χ0v) is 11.7. The van der Waals surface area contributed by atoms with Gasteiger partial charge in [-0.05, 0) is 23.6 Å². The van der Waals surface area contributed by atoms with Crippen LogP contribution < -0.4 is 5.73 Å². The monoisotopic (exact) mass is 285 g/mol. The van der Waals surface area contributed by atoms with E-state index in [1.54, 1.807) is 0 Å². The maximum Gasteiger partial charge on any atom is 0.0995 e. The molecule has 0 fully saturated rings. The highest BCUT2D eigenvalue weighted by Gasteiger charge is 2.17. The molecule has 1 aromatic carbocycles. The third-order valence-electron chi connectivity index (χ3n) is 2.79. The molecule has 90 valence electrons. The zero-order chi connectivity index (χ0) is 12.4. The topological polar surface area (TPSA) is 26.0 Å². The molecule has 0 saturated carbocycles. The van der Waals surface area contributed by atoms with Crippen LogP contribution in [0.3, 0.4) is 0 Å². The van der Waals surface area contributed by atoms with Crippen LogP contribution in [-0.4, -0.2) is 0 Å². The van der Waals surface area contributed by atoms with E-state index in [1.165, 1.54) is 16.9 Å². The van der Waals surface area contributed by atoms with Crippen LogP contribution in [0.5, 0.6) is 0 Å². The minimum absolute atomic E-state index is 0.206. The molecule has 2 rings (SSSR count). The van der Waals surface area contributed by atoms with Gasteiger partial charge < -0.3 is 5.73 Å². The molecule has 0 radical (unpaired) electrons. The van der Waals surface area contributed by atoms with E-state index in [0.717, 1.165) is 17.5 Å². The lowest BCUT2D eigenvalue weighted by Crippen LogP contribution is -2.13. The summed E-state index contributed by atoms with van der Waals surface area (Å²) >= 11 is 13.4. The van der Waals surface area contributed by atoms with Gasteiger partial charge in [0.15, 0.2) is 0 Å². The van der Waals surface area contributed by atoms with Crippen molar-refractivity contribution in [1.82, 2.24) is 0 Å². The third kappa shape index (κ3) is 2.66. The largest absolute Gasteiger partial charge is 0.320 e. The maximum atomic E-state index is 6.27. The summed E-state index contributed by atoms with van der Waals surface area (Å²) < 4.78 is 1.35. The van der Waals surface area contributed by atoms with Crippen molar-refractivity contribution in [2.75, 3.05) is 0 Å². The molecule has 2 aromatic rings.